The van der Waals surface area contributed by atoms with Crippen LogP contribution in [0.5, 0.6) is 5.88 Å². The van der Waals surface area contributed by atoms with E-state index in [0.717, 1.165) is 5.56 Å². The van der Waals surface area contributed by atoms with Crippen molar-refractivity contribution in [3.05, 3.63) is 42.2 Å². The van der Waals surface area contributed by atoms with Crippen LogP contribution in [0.2, 0.25) is 0 Å². The van der Waals surface area contributed by atoms with Crippen LogP contribution in [0.25, 0.3) is 0 Å². The van der Waals surface area contributed by atoms with Gasteiger partial charge in [0.1, 0.15) is 17.6 Å². The highest BCUT2D eigenvalue weighted by Gasteiger charge is 2.39. The molecule has 1 aliphatic heterocycles. The Balaban J connectivity index is 2.06. The molecule has 1 aromatic heterocycles. The largest absolute Gasteiger partial charge is 0.467 e. The molecule has 1 aromatic carbocycles. The lowest BCUT2D eigenvalue weighted by atomic mass is 9.90. The standard InChI is InChI=1S/C14H16N4O/c1-14(2)11(9-6-4-3-5-7-9)18-10-12(15)16-8-17-13(10)19-14/h3-8,11,18H,1-2H3,(H2,15,16,17). The number of rotatable bonds is 1. The summed E-state index contributed by atoms with van der Waals surface area (Å²) in [6.07, 6.45) is 1.41. The van der Waals surface area contributed by atoms with Crippen LogP contribution in [0.3, 0.4) is 0 Å². The zero-order valence-electron chi connectivity index (χ0n) is 10.9. The van der Waals surface area contributed by atoms with E-state index in [1.165, 1.54) is 6.33 Å². The predicted molar refractivity (Wildman–Crippen MR) is 74.0 cm³/mol. The smallest absolute Gasteiger partial charge is 0.243 e. The third kappa shape index (κ3) is 1.97. The highest BCUT2D eigenvalue weighted by Crippen LogP contribution is 2.42. The van der Waals surface area contributed by atoms with Crippen molar-refractivity contribution in [2.75, 3.05) is 11.1 Å². The van der Waals surface area contributed by atoms with Crippen LogP contribution in [-0.2, 0) is 0 Å². The summed E-state index contributed by atoms with van der Waals surface area (Å²) < 4.78 is 5.97. The van der Waals surface area contributed by atoms with Crippen LogP contribution in [0.1, 0.15) is 25.5 Å². The van der Waals surface area contributed by atoms with Crippen molar-refractivity contribution in [3.63, 3.8) is 0 Å². The SMILES string of the molecule is CC1(C)Oc2ncnc(N)c2NC1c1ccccc1. The van der Waals surface area contributed by atoms with E-state index < -0.39 is 5.60 Å². The molecule has 0 amide bonds. The summed E-state index contributed by atoms with van der Waals surface area (Å²) in [6.45, 7) is 4.05. The molecule has 5 nitrogen and oxygen atoms in total. The molecule has 2 heterocycles. The molecule has 0 saturated carbocycles. The molecule has 1 atom stereocenters. The van der Waals surface area contributed by atoms with Gasteiger partial charge < -0.3 is 15.8 Å². The van der Waals surface area contributed by atoms with Gasteiger partial charge in [0.25, 0.3) is 0 Å². The van der Waals surface area contributed by atoms with Crippen LogP contribution >= 0.6 is 0 Å². The Hall–Kier alpha value is -2.30. The van der Waals surface area contributed by atoms with E-state index in [4.69, 9.17) is 10.5 Å². The number of nitrogens with zero attached hydrogens (tertiary/aromatic N) is 2. The number of anilines is 2. The monoisotopic (exact) mass is 256 g/mol. The highest BCUT2D eigenvalue weighted by atomic mass is 16.5. The van der Waals surface area contributed by atoms with Gasteiger partial charge in [-0.25, -0.2) is 4.98 Å². The lowest BCUT2D eigenvalue weighted by Gasteiger charge is -2.40. The number of nitrogen functional groups attached to an aromatic ring is 1. The average Bonchev–Trinajstić information content (AvgIpc) is 2.38. The third-order valence-corrected chi connectivity index (χ3v) is 3.32. The summed E-state index contributed by atoms with van der Waals surface area (Å²) in [5, 5.41) is 3.40. The first-order valence-corrected chi connectivity index (χ1v) is 6.19. The minimum atomic E-state index is -0.421. The Kier molecular flexibility index (Phi) is 2.55. The van der Waals surface area contributed by atoms with E-state index in [1.807, 2.05) is 32.0 Å². The van der Waals surface area contributed by atoms with Gasteiger partial charge in [-0.15, -0.1) is 0 Å². The molecule has 1 aliphatic rings. The normalized spacial score (nSPS) is 20.0. The molecule has 19 heavy (non-hydrogen) atoms. The lowest BCUT2D eigenvalue weighted by molar-refractivity contribution is 0.0722. The van der Waals surface area contributed by atoms with Gasteiger partial charge in [-0.3, -0.25) is 0 Å². The Morgan fingerprint density at radius 1 is 1.21 bits per heavy atom. The summed E-state index contributed by atoms with van der Waals surface area (Å²) in [6, 6.07) is 10.1. The molecule has 3 N–H and O–H groups in total. The molecule has 0 fully saturated rings. The molecule has 0 saturated heterocycles. The molecule has 3 rings (SSSR count). The molecule has 0 spiro atoms. The number of nitrogens with one attached hydrogen (secondary N) is 1. The zero-order valence-corrected chi connectivity index (χ0v) is 10.9. The maximum absolute atomic E-state index is 5.97. The minimum Gasteiger partial charge on any atom is -0.467 e. The summed E-state index contributed by atoms with van der Waals surface area (Å²) in [7, 11) is 0. The molecule has 1 unspecified atom stereocenters. The molecule has 0 radical (unpaired) electrons. The Morgan fingerprint density at radius 3 is 2.68 bits per heavy atom. The zero-order chi connectivity index (χ0) is 13.5. The summed E-state index contributed by atoms with van der Waals surface area (Å²) in [4.78, 5) is 8.12. The van der Waals surface area contributed by atoms with Crippen molar-refractivity contribution in [1.29, 1.82) is 0 Å². The first kappa shape index (κ1) is 11.8. The van der Waals surface area contributed by atoms with Crippen LogP contribution in [0.15, 0.2) is 36.7 Å². The number of hydrogen-bond acceptors (Lipinski definition) is 5. The van der Waals surface area contributed by atoms with Gasteiger partial charge in [-0.05, 0) is 19.4 Å². The first-order valence-electron chi connectivity index (χ1n) is 6.19. The fourth-order valence-electron chi connectivity index (χ4n) is 2.35. The van der Waals surface area contributed by atoms with Crippen molar-refractivity contribution < 1.29 is 4.74 Å². The molecular formula is C14H16N4O. The van der Waals surface area contributed by atoms with Crippen LogP contribution in [0.4, 0.5) is 11.5 Å². The van der Waals surface area contributed by atoms with E-state index in [0.29, 0.717) is 17.4 Å². The van der Waals surface area contributed by atoms with E-state index >= 15 is 0 Å². The second kappa shape index (κ2) is 4.12. The van der Waals surface area contributed by atoms with Gasteiger partial charge in [0.2, 0.25) is 5.88 Å². The van der Waals surface area contributed by atoms with Gasteiger partial charge >= 0.3 is 0 Å². The van der Waals surface area contributed by atoms with Crippen LogP contribution < -0.4 is 15.8 Å². The molecule has 2 aromatic rings. The average molecular weight is 256 g/mol. The first-order chi connectivity index (χ1) is 9.08. The van der Waals surface area contributed by atoms with Gasteiger partial charge in [-0.2, -0.15) is 4.98 Å². The number of hydrogen-bond donors (Lipinski definition) is 2. The molecular weight excluding hydrogens is 240 g/mol. The maximum atomic E-state index is 5.97. The molecule has 5 heteroatoms. The van der Waals surface area contributed by atoms with E-state index in [1.54, 1.807) is 0 Å². The van der Waals surface area contributed by atoms with Crippen molar-refractivity contribution in [2.24, 2.45) is 0 Å². The predicted octanol–water partition coefficient (Wildman–Crippen LogP) is 2.38. The Labute approximate surface area is 111 Å². The molecule has 0 aliphatic carbocycles. The topological polar surface area (TPSA) is 73.1 Å². The fraction of sp³-hybridized carbons (Fsp3) is 0.286. The minimum absolute atomic E-state index is 0.00509. The number of fused-ring (bicyclic) bond motifs is 1. The number of aromatic nitrogens is 2. The quantitative estimate of drug-likeness (QED) is 0.819. The lowest BCUT2D eigenvalue weighted by Crippen LogP contribution is -2.44. The van der Waals surface area contributed by atoms with Crippen molar-refractivity contribution in [1.82, 2.24) is 9.97 Å². The summed E-state index contributed by atoms with van der Waals surface area (Å²) >= 11 is 0. The van der Waals surface area contributed by atoms with Crippen molar-refractivity contribution in [3.8, 4) is 5.88 Å². The Morgan fingerprint density at radius 2 is 1.95 bits per heavy atom. The second-order valence-corrected chi connectivity index (χ2v) is 5.13. The van der Waals surface area contributed by atoms with Gasteiger partial charge in [0.05, 0.1) is 6.04 Å². The number of nitrogens with two attached hydrogens (primary N) is 1. The van der Waals surface area contributed by atoms with Crippen LogP contribution in [-0.4, -0.2) is 15.6 Å². The third-order valence-electron chi connectivity index (χ3n) is 3.32. The van der Waals surface area contributed by atoms with E-state index in [9.17, 15) is 0 Å². The fourth-order valence-corrected chi connectivity index (χ4v) is 2.35. The molecule has 98 valence electrons. The molecule has 0 bridgehead atoms. The highest BCUT2D eigenvalue weighted by molar-refractivity contribution is 5.69. The van der Waals surface area contributed by atoms with Crippen molar-refractivity contribution in [2.45, 2.75) is 25.5 Å². The number of ether oxygens (including phenoxy) is 1. The van der Waals surface area contributed by atoms with Gasteiger partial charge in [0, 0.05) is 0 Å². The van der Waals surface area contributed by atoms with E-state index in [2.05, 4.69) is 27.4 Å². The van der Waals surface area contributed by atoms with Crippen LogP contribution in [0, 0.1) is 0 Å². The van der Waals surface area contributed by atoms with Gasteiger partial charge in [-0.1, -0.05) is 30.3 Å². The van der Waals surface area contributed by atoms with Gasteiger partial charge in [0.15, 0.2) is 5.82 Å². The van der Waals surface area contributed by atoms with Crippen molar-refractivity contribution >= 4 is 11.5 Å². The van der Waals surface area contributed by atoms with E-state index in [-0.39, 0.29) is 6.04 Å². The number of benzene rings is 1. The second-order valence-electron chi connectivity index (χ2n) is 5.13. The summed E-state index contributed by atoms with van der Waals surface area (Å²) in [5.41, 5.74) is 7.26. The maximum Gasteiger partial charge on any atom is 0.243 e. The summed E-state index contributed by atoms with van der Waals surface area (Å²) in [5.74, 6) is 0.908. The Bertz CT molecular complexity index is 598.